The van der Waals surface area contributed by atoms with E-state index in [0.29, 0.717) is 17.5 Å². The highest BCUT2D eigenvalue weighted by molar-refractivity contribution is 6.31. The highest BCUT2D eigenvalue weighted by atomic mass is 35.5. The van der Waals surface area contributed by atoms with Gasteiger partial charge >= 0.3 is 0 Å². The van der Waals surface area contributed by atoms with Crippen molar-refractivity contribution in [2.75, 3.05) is 19.6 Å². The second-order valence-corrected chi connectivity index (χ2v) is 4.87. The Morgan fingerprint density at radius 3 is 2.89 bits per heavy atom. The highest BCUT2D eigenvalue weighted by Crippen LogP contribution is 2.16. The summed E-state index contributed by atoms with van der Waals surface area (Å²) in [5, 5.41) is 3.99. The van der Waals surface area contributed by atoms with Crippen molar-refractivity contribution >= 4 is 29.9 Å². The average Bonchev–Trinajstić information content (AvgIpc) is 2.32. The lowest BCUT2D eigenvalue weighted by atomic mass is 10.1. The molecule has 18 heavy (non-hydrogen) atoms. The molecule has 3 nitrogen and oxygen atoms in total. The first kappa shape index (κ1) is 15.3. The molecule has 0 bridgehead atoms. The zero-order valence-electron chi connectivity index (χ0n) is 10.4. The van der Waals surface area contributed by atoms with E-state index in [4.69, 9.17) is 11.6 Å². The number of carbonyl (C=O) groups excluding carboxylic acids is 1. The zero-order valence-corrected chi connectivity index (χ0v) is 11.9. The van der Waals surface area contributed by atoms with Crippen molar-refractivity contribution in [1.82, 2.24) is 10.2 Å². The SMILES string of the molecule is CC1CN(C(=O)Cc2ccccc2Cl)CCN1.Cl. The molecule has 1 aliphatic rings. The minimum atomic E-state index is 0. The third-order valence-electron chi connectivity index (χ3n) is 3.02. The number of hydrogen-bond acceptors (Lipinski definition) is 2. The van der Waals surface area contributed by atoms with Gasteiger partial charge in [0.15, 0.2) is 0 Å². The van der Waals surface area contributed by atoms with Crippen molar-refractivity contribution in [2.24, 2.45) is 0 Å². The summed E-state index contributed by atoms with van der Waals surface area (Å²) in [6, 6.07) is 7.90. The van der Waals surface area contributed by atoms with Crippen LogP contribution in [0.2, 0.25) is 5.02 Å². The van der Waals surface area contributed by atoms with Crippen LogP contribution in [0.5, 0.6) is 0 Å². The first-order valence-corrected chi connectivity index (χ1v) is 6.29. The van der Waals surface area contributed by atoms with Gasteiger partial charge in [0.1, 0.15) is 0 Å². The van der Waals surface area contributed by atoms with Gasteiger partial charge in [0.2, 0.25) is 5.91 Å². The topological polar surface area (TPSA) is 32.3 Å². The highest BCUT2D eigenvalue weighted by Gasteiger charge is 2.20. The second-order valence-electron chi connectivity index (χ2n) is 4.46. The number of halogens is 2. The Hall–Kier alpha value is -0.770. The standard InChI is InChI=1S/C13H17ClN2O.ClH/c1-10-9-16(7-6-15-10)13(17)8-11-4-2-3-5-12(11)14;/h2-5,10,15H,6-9H2,1H3;1H. The number of nitrogens with zero attached hydrogens (tertiary/aromatic N) is 1. The van der Waals surface area contributed by atoms with E-state index in [2.05, 4.69) is 12.2 Å². The van der Waals surface area contributed by atoms with Crippen molar-refractivity contribution in [3.63, 3.8) is 0 Å². The van der Waals surface area contributed by atoms with Crippen LogP contribution in [0.25, 0.3) is 0 Å². The Labute approximate surface area is 119 Å². The van der Waals surface area contributed by atoms with E-state index < -0.39 is 0 Å². The molecule has 0 aliphatic carbocycles. The fraction of sp³-hybridized carbons (Fsp3) is 0.462. The van der Waals surface area contributed by atoms with Crippen LogP contribution < -0.4 is 5.32 Å². The minimum absolute atomic E-state index is 0. The number of carbonyl (C=O) groups is 1. The van der Waals surface area contributed by atoms with Gasteiger partial charge in [-0.15, -0.1) is 12.4 Å². The van der Waals surface area contributed by atoms with Gasteiger partial charge in [0, 0.05) is 30.7 Å². The third kappa shape index (κ3) is 3.87. The van der Waals surface area contributed by atoms with Gasteiger partial charge in [-0.25, -0.2) is 0 Å². The summed E-state index contributed by atoms with van der Waals surface area (Å²) in [5.41, 5.74) is 0.908. The molecule has 1 atom stereocenters. The monoisotopic (exact) mass is 288 g/mol. The lowest BCUT2D eigenvalue weighted by Gasteiger charge is -2.32. The van der Waals surface area contributed by atoms with Gasteiger partial charge in [-0.1, -0.05) is 29.8 Å². The smallest absolute Gasteiger partial charge is 0.227 e. The fourth-order valence-corrected chi connectivity index (χ4v) is 2.28. The average molecular weight is 289 g/mol. The van der Waals surface area contributed by atoms with Gasteiger partial charge in [0.05, 0.1) is 6.42 Å². The Morgan fingerprint density at radius 1 is 1.50 bits per heavy atom. The van der Waals surface area contributed by atoms with Crippen molar-refractivity contribution in [3.05, 3.63) is 34.9 Å². The molecule has 5 heteroatoms. The van der Waals surface area contributed by atoms with Crippen molar-refractivity contribution < 1.29 is 4.79 Å². The molecule has 100 valence electrons. The summed E-state index contributed by atoms with van der Waals surface area (Å²) >= 11 is 6.05. The molecule has 0 radical (unpaired) electrons. The van der Waals surface area contributed by atoms with E-state index in [1.807, 2.05) is 29.2 Å². The molecule has 0 spiro atoms. The molecule has 1 amide bonds. The maximum Gasteiger partial charge on any atom is 0.227 e. The van der Waals surface area contributed by atoms with E-state index in [0.717, 1.165) is 25.2 Å². The summed E-state index contributed by atoms with van der Waals surface area (Å²) < 4.78 is 0. The third-order valence-corrected chi connectivity index (χ3v) is 3.39. The molecule has 1 aromatic rings. The summed E-state index contributed by atoms with van der Waals surface area (Å²) in [4.78, 5) is 14.0. The molecule has 1 aliphatic heterocycles. The zero-order chi connectivity index (χ0) is 12.3. The summed E-state index contributed by atoms with van der Waals surface area (Å²) in [6.45, 7) is 4.53. The molecule has 1 aromatic carbocycles. The van der Waals surface area contributed by atoms with Crippen LogP contribution in [0.15, 0.2) is 24.3 Å². The number of rotatable bonds is 2. The Morgan fingerprint density at radius 2 is 2.22 bits per heavy atom. The van der Waals surface area contributed by atoms with Gasteiger partial charge in [-0.3, -0.25) is 4.79 Å². The lowest BCUT2D eigenvalue weighted by molar-refractivity contribution is -0.131. The van der Waals surface area contributed by atoms with E-state index in [1.54, 1.807) is 0 Å². The molecule has 1 N–H and O–H groups in total. The Balaban J connectivity index is 0.00000162. The molecular formula is C13H18Cl2N2O. The molecule has 1 unspecified atom stereocenters. The van der Waals surface area contributed by atoms with E-state index >= 15 is 0 Å². The Kier molecular flexibility index (Phi) is 5.93. The van der Waals surface area contributed by atoms with Gasteiger partial charge in [0.25, 0.3) is 0 Å². The Bertz CT molecular complexity index is 412. The van der Waals surface area contributed by atoms with Gasteiger partial charge in [-0.2, -0.15) is 0 Å². The van der Waals surface area contributed by atoms with Gasteiger partial charge in [-0.05, 0) is 18.6 Å². The lowest BCUT2D eigenvalue weighted by Crippen LogP contribution is -2.51. The molecule has 0 aromatic heterocycles. The van der Waals surface area contributed by atoms with E-state index in [1.165, 1.54) is 0 Å². The van der Waals surface area contributed by atoms with E-state index in [9.17, 15) is 4.79 Å². The largest absolute Gasteiger partial charge is 0.340 e. The quantitative estimate of drug-likeness (QED) is 0.904. The predicted molar refractivity (Wildman–Crippen MR) is 76.4 cm³/mol. The van der Waals surface area contributed by atoms with Crippen molar-refractivity contribution in [3.8, 4) is 0 Å². The minimum Gasteiger partial charge on any atom is -0.340 e. The number of benzene rings is 1. The first-order chi connectivity index (χ1) is 8.16. The fourth-order valence-electron chi connectivity index (χ4n) is 2.08. The summed E-state index contributed by atoms with van der Waals surface area (Å²) in [6.07, 6.45) is 0.395. The summed E-state index contributed by atoms with van der Waals surface area (Å²) in [7, 11) is 0. The molecule has 0 saturated carbocycles. The van der Waals surface area contributed by atoms with Crippen LogP contribution >= 0.6 is 24.0 Å². The van der Waals surface area contributed by atoms with Crippen LogP contribution in [0, 0.1) is 0 Å². The van der Waals surface area contributed by atoms with Crippen molar-refractivity contribution in [1.29, 1.82) is 0 Å². The first-order valence-electron chi connectivity index (χ1n) is 5.91. The maximum absolute atomic E-state index is 12.1. The molecule has 2 rings (SSSR count). The van der Waals surface area contributed by atoms with Crippen LogP contribution in [0.1, 0.15) is 12.5 Å². The van der Waals surface area contributed by atoms with Crippen LogP contribution in [-0.2, 0) is 11.2 Å². The van der Waals surface area contributed by atoms with Crippen molar-refractivity contribution in [2.45, 2.75) is 19.4 Å². The summed E-state index contributed by atoms with van der Waals surface area (Å²) in [5.74, 6) is 0.159. The maximum atomic E-state index is 12.1. The van der Waals surface area contributed by atoms with Gasteiger partial charge < -0.3 is 10.2 Å². The van der Waals surface area contributed by atoms with Crippen LogP contribution in [-0.4, -0.2) is 36.5 Å². The predicted octanol–water partition coefficient (Wildman–Crippen LogP) is 2.12. The second kappa shape index (κ2) is 6.98. The molecule has 1 heterocycles. The number of nitrogens with one attached hydrogen (secondary N) is 1. The van der Waals surface area contributed by atoms with E-state index in [-0.39, 0.29) is 18.3 Å². The van der Waals surface area contributed by atoms with Crippen LogP contribution in [0.3, 0.4) is 0 Å². The van der Waals surface area contributed by atoms with Crippen LogP contribution in [0.4, 0.5) is 0 Å². The number of piperazine rings is 1. The molecule has 1 saturated heterocycles. The normalized spacial score (nSPS) is 19.2. The molecular weight excluding hydrogens is 271 g/mol. The number of amides is 1. The number of hydrogen-bond donors (Lipinski definition) is 1. The molecule has 1 fully saturated rings.